The Hall–Kier alpha value is 2.15. The van der Waals surface area contributed by atoms with Crippen LogP contribution in [0.2, 0.25) is 0 Å². The van der Waals surface area contributed by atoms with Gasteiger partial charge in [0.25, 0.3) is 0 Å². The highest BCUT2D eigenvalue weighted by atomic mass is 32.4. The largest absolute Gasteiger partial charge is 0.118 e. The predicted molar refractivity (Wildman–Crippen MR) is 47.2 cm³/mol. The van der Waals surface area contributed by atoms with Crippen molar-refractivity contribution >= 4 is 43.7 Å². The van der Waals surface area contributed by atoms with Gasteiger partial charge in [-0.3, -0.25) is 0 Å². The third-order valence-corrected chi connectivity index (χ3v) is 0. The monoisotopic (exact) mass is 164 g/mol. The molecular formula is H9P5. The number of rotatable bonds is 0. The molecule has 0 heterocycles. The van der Waals surface area contributed by atoms with Crippen molar-refractivity contribution in [3.8, 4) is 0 Å². The van der Waals surface area contributed by atoms with Gasteiger partial charge in [0.05, 0.1) is 0 Å². The molecule has 5 heavy (non-hydrogen) atoms. The summed E-state index contributed by atoms with van der Waals surface area (Å²) in [7, 11) is 10.7. The third-order valence-electron chi connectivity index (χ3n) is 0. The lowest BCUT2D eigenvalue weighted by atomic mass is 29.6. The molecule has 0 aliphatic rings. The lowest BCUT2D eigenvalue weighted by molar-refractivity contribution is 5.51. The van der Waals surface area contributed by atoms with Crippen molar-refractivity contribution in [1.82, 2.24) is 0 Å². The van der Waals surface area contributed by atoms with Gasteiger partial charge in [-0.25, -0.2) is 0 Å². The molecule has 0 amide bonds. The normalized spacial score (nSPS) is 4.80. The second-order valence-electron chi connectivity index (χ2n) is 0.167. The first-order chi connectivity index (χ1) is 2.41. The zero-order chi connectivity index (χ0) is 4.71. The molecule has 0 aromatic rings. The SMILES string of the molecule is PP.PPP. The molecular weight excluding hydrogens is 155 g/mol. The lowest BCUT2D eigenvalue weighted by Crippen LogP contribution is -0.553. The molecule has 4 unspecified atom stereocenters. The summed E-state index contributed by atoms with van der Waals surface area (Å²) in [5, 5.41) is 0. The van der Waals surface area contributed by atoms with Gasteiger partial charge in [-0.2, -0.15) is 0 Å². The Kier molecular flexibility index (Phi) is 33.5. The maximum atomic E-state index is 2.57. The topological polar surface area (TPSA) is 0 Å². The minimum Gasteiger partial charge on any atom is -0.118 e. The van der Waals surface area contributed by atoms with Crippen molar-refractivity contribution in [2.45, 2.75) is 0 Å². The van der Waals surface area contributed by atoms with Gasteiger partial charge >= 0.3 is 0 Å². The first-order valence-electron chi connectivity index (χ1n) is 0.911. The molecule has 0 rings (SSSR count). The molecule has 5 heteroatoms. The van der Waals surface area contributed by atoms with Crippen LogP contribution in [0, 0.1) is 0 Å². The van der Waals surface area contributed by atoms with E-state index in [1.54, 1.807) is 0 Å². The average molecular weight is 164 g/mol. The summed E-state index contributed by atoms with van der Waals surface area (Å²) in [6.07, 6.45) is 0. The molecule has 4 atom stereocenters. The van der Waals surface area contributed by atoms with Crippen LogP contribution in [0.3, 0.4) is 0 Å². The quantitative estimate of drug-likeness (QED) is 0.479. The minimum atomic E-state index is 0.917. The van der Waals surface area contributed by atoms with Gasteiger partial charge in [-0.05, 0) is 0 Å². The van der Waals surface area contributed by atoms with Crippen LogP contribution in [-0.4, -0.2) is 0 Å². The van der Waals surface area contributed by atoms with E-state index in [-0.39, 0.29) is 0 Å². The summed E-state index contributed by atoms with van der Waals surface area (Å²) in [5.74, 6) is 0. The first-order valence-corrected chi connectivity index (χ1v) is 8.20. The second-order valence-corrected chi connectivity index (χ2v) is 4.50. The molecule has 0 bridgehead atoms. The zero-order valence-corrected chi connectivity index (χ0v) is 8.43. The lowest BCUT2D eigenvalue weighted by Gasteiger charge is -1.51. The fourth-order valence-electron chi connectivity index (χ4n) is 0. The summed E-state index contributed by atoms with van der Waals surface area (Å²) >= 11 is 0. The highest BCUT2D eigenvalue weighted by Crippen LogP contribution is 2.28. The van der Waals surface area contributed by atoms with E-state index in [4.69, 9.17) is 0 Å². The van der Waals surface area contributed by atoms with E-state index >= 15 is 0 Å². The predicted octanol–water partition coefficient (Wildman–Crippen LogP) is 1.90. The molecule has 34 valence electrons. The number of hydrogen-bond donors (Lipinski definition) is 0. The molecule has 0 aromatic heterocycles. The zero-order valence-electron chi connectivity index (χ0n) is 2.81. The van der Waals surface area contributed by atoms with E-state index in [9.17, 15) is 0 Å². The summed E-state index contributed by atoms with van der Waals surface area (Å²) in [5.41, 5.74) is 0. The van der Waals surface area contributed by atoms with Gasteiger partial charge in [0.1, 0.15) is 0 Å². The fourth-order valence-corrected chi connectivity index (χ4v) is 0. The first kappa shape index (κ1) is 10.2. The van der Waals surface area contributed by atoms with Crippen LogP contribution in [0.25, 0.3) is 0 Å². The maximum Gasteiger partial charge on any atom is -0.0833 e. The summed E-state index contributed by atoms with van der Waals surface area (Å²) in [6.45, 7) is 0. The van der Waals surface area contributed by atoms with Crippen LogP contribution < -0.4 is 0 Å². The second kappa shape index (κ2) is 16.4. The highest BCUT2D eigenvalue weighted by molar-refractivity contribution is 8.33. The molecule has 0 N–H and O–H groups in total. The van der Waals surface area contributed by atoms with Gasteiger partial charge in [0.15, 0.2) is 0 Å². The van der Waals surface area contributed by atoms with Crippen LogP contribution in [-0.2, 0) is 0 Å². The van der Waals surface area contributed by atoms with E-state index in [2.05, 4.69) is 35.7 Å². The smallest absolute Gasteiger partial charge is 0.0833 e. The van der Waals surface area contributed by atoms with Crippen LogP contribution in [0.15, 0.2) is 0 Å². The van der Waals surface area contributed by atoms with Crippen molar-refractivity contribution in [2.24, 2.45) is 0 Å². The summed E-state index contributed by atoms with van der Waals surface area (Å²) < 4.78 is 0. The Balaban J connectivity index is 0. The van der Waals surface area contributed by atoms with E-state index in [0.29, 0.717) is 0 Å². The molecule has 0 aliphatic heterocycles. The third kappa shape index (κ3) is 22.9. The summed E-state index contributed by atoms with van der Waals surface area (Å²) in [6, 6.07) is 0. The van der Waals surface area contributed by atoms with Gasteiger partial charge in [0.2, 0.25) is 0 Å². The van der Waals surface area contributed by atoms with Crippen LogP contribution in [0.5, 0.6) is 0 Å². The molecule has 0 saturated heterocycles. The van der Waals surface area contributed by atoms with Crippen molar-refractivity contribution in [1.29, 1.82) is 0 Å². The standard InChI is InChI=1S/H5P3.H4P2/c1-3-2;1-2/h3H,1-2H2;1-2H2. The van der Waals surface area contributed by atoms with Gasteiger partial charge in [0, 0.05) is 0 Å². The van der Waals surface area contributed by atoms with Gasteiger partial charge in [-0.1, -0.05) is 7.96 Å². The summed E-state index contributed by atoms with van der Waals surface area (Å²) in [4.78, 5) is 0. The molecule has 0 aliphatic carbocycles. The van der Waals surface area contributed by atoms with Gasteiger partial charge < -0.3 is 0 Å². The molecule has 0 spiro atoms. The van der Waals surface area contributed by atoms with Crippen molar-refractivity contribution in [3.63, 3.8) is 0 Å². The Morgan fingerprint density at radius 3 is 1.00 bits per heavy atom. The van der Waals surface area contributed by atoms with Crippen molar-refractivity contribution in [2.75, 3.05) is 0 Å². The van der Waals surface area contributed by atoms with Crippen LogP contribution >= 0.6 is 43.7 Å². The van der Waals surface area contributed by atoms with Crippen molar-refractivity contribution < 1.29 is 0 Å². The minimum absolute atomic E-state index is 0.917. The molecule has 0 radical (unpaired) electrons. The molecule has 0 aromatic carbocycles. The molecule has 0 saturated carbocycles. The van der Waals surface area contributed by atoms with Crippen molar-refractivity contribution in [3.05, 3.63) is 0 Å². The van der Waals surface area contributed by atoms with Crippen LogP contribution in [0.1, 0.15) is 0 Å². The average Bonchev–Trinajstić information content (AvgIpc) is 1.46. The van der Waals surface area contributed by atoms with E-state index in [0.717, 1.165) is 7.96 Å². The maximum absolute atomic E-state index is 2.57. The van der Waals surface area contributed by atoms with E-state index < -0.39 is 0 Å². The Morgan fingerprint density at radius 1 is 1.00 bits per heavy atom. The van der Waals surface area contributed by atoms with E-state index in [1.807, 2.05) is 0 Å². The Bertz CT molecular complexity index is 0. The fraction of sp³-hybridized carbons (Fsp3) is 0. The molecule has 0 fully saturated rings. The Morgan fingerprint density at radius 2 is 1.00 bits per heavy atom. The molecule has 0 nitrogen and oxygen atoms in total. The number of hydrogen-bond acceptors (Lipinski definition) is 0. The van der Waals surface area contributed by atoms with Gasteiger partial charge in [-0.15, -0.1) is 35.7 Å². The van der Waals surface area contributed by atoms with E-state index in [1.165, 1.54) is 0 Å². The Labute approximate surface area is 44.3 Å². The highest BCUT2D eigenvalue weighted by Gasteiger charge is 1.32. The van der Waals surface area contributed by atoms with Crippen LogP contribution in [0.4, 0.5) is 0 Å².